The Hall–Kier alpha value is -3.42. The predicted molar refractivity (Wildman–Crippen MR) is 116 cm³/mol. The number of amides is 2. The maximum Gasteiger partial charge on any atom is 0.321 e. The Bertz CT molecular complexity index is 1010. The Morgan fingerprint density at radius 3 is 2.67 bits per heavy atom. The third-order valence-corrected chi connectivity index (χ3v) is 5.44. The number of benzene rings is 1. The highest BCUT2D eigenvalue weighted by atomic mass is 16.5. The summed E-state index contributed by atoms with van der Waals surface area (Å²) in [5.74, 6) is 1.27. The molecule has 3 aromatic rings. The monoisotopic (exact) mass is 406 g/mol. The number of likely N-dealkylation sites (tertiary alicyclic amines) is 1. The van der Waals surface area contributed by atoms with Crippen LogP contribution >= 0.6 is 0 Å². The van der Waals surface area contributed by atoms with Gasteiger partial charge in [-0.1, -0.05) is 11.2 Å². The lowest BCUT2D eigenvalue weighted by atomic mass is 9.97. The molecule has 0 aliphatic carbocycles. The number of rotatable bonds is 4. The van der Waals surface area contributed by atoms with Crippen molar-refractivity contribution in [1.29, 1.82) is 0 Å². The van der Waals surface area contributed by atoms with Crippen LogP contribution in [0, 0.1) is 6.92 Å². The van der Waals surface area contributed by atoms with Crippen molar-refractivity contribution in [3.05, 3.63) is 54.0 Å². The topological polar surface area (TPSA) is 87.4 Å². The van der Waals surface area contributed by atoms with Crippen molar-refractivity contribution in [3.63, 3.8) is 0 Å². The van der Waals surface area contributed by atoms with E-state index in [1.54, 1.807) is 6.20 Å². The first-order chi connectivity index (χ1) is 14.5. The number of carbonyl (C=O) groups excluding carboxylic acids is 1. The molecule has 1 aromatic carbocycles. The maximum absolute atomic E-state index is 12.7. The summed E-state index contributed by atoms with van der Waals surface area (Å²) in [6.45, 7) is 3.29. The molecule has 0 bridgehead atoms. The summed E-state index contributed by atoms with van der Waals surface area (Å²) >= 11 is 0. The van der Waals surface area contributed by atoms with Gasteiger partial charge >= 0.3 is 6.03 Å². The highest BCUT2D eigenvalue weighted by Gasteiger charge is 2.28. The molecule has 0 radical (unpaired) electrons. The summed E-state index contributed by atoms with van der Waals surface area (Å²) < 4.78 is 5.47. The SMILES string of the molecule is Cc1cc(N(C)C)ccc1NC(=O)N1CCC(c2nc(-c3ccccn3)no2)CC1. The normalized spacial score (nSPS) is 14.6. The lowest BCUT2D eigenvalue weighted by Crippen LogP contribution is -2.40. The van der Waals surface area contributed by atoms with Crippen molar-refractivity contribution in [2.24, 2.45) is 0 Å². The number of aryl methyl sites for hydroxylation is 1. The van der Waals surface area contributed by atoms with Gasteiger partial charge in [-0.15, -0.1) is 0 Å². The number of hydrogen-bond donors (Lipinski definition) is 1. The zero-order valence-electron chi connectivity index (χ0n) is 17.5. The van der Waals surface area contributed by atoms with Crippen LogP contribution in [0.1, 0.15) is 30.2 Å². The second-order valence-electron chi connectivity index (χ2n) is 7.76. The molecule has 2 aromatic heterocycles. The number of nitrogens with one attached hydrogen (secondary N) is 1. The number of urea groups is 1. The molecule has 156 valence electrons. The third-order valence-electron chi connectivity index (χ3n) is 5.44. The van der Waals surface area contributed by atoms with E-state index in [9.17, 15) is 4.79 Å². The second kappa shape index (κ2) is 8.52. The van der Waals surface area contributed by atoms with Gasteiger partial charge in [0.05, 0.1) is 0 Å². The predicted octanol–water partition coefficient (Wildman–Crippen LogP) is 3.92. The Kier molecular flexibility index (Phi) is 5.65. The minimum atomic E-state index is -0.0751. The number of carbonyl (C=O) groups is 1. The molecule has 1 N–H and O–H groups in total. The van der Waals surface area contributed by atoms with Gasteiger partial charge in [0.1, 0.15) is 5.69 Å². The third kappa shape index (κ3) is 4.27. The summed E-state index contributed by atoms with van der Waals surface area (Å²) in [4.78, 5) is 25.4. The van der Waals surface area contributed by atoms with Gasteiger partial charge in [-0.25, -0.2) is 4.79 Å². The van der Waals surface area contributed by atoms with E-state index in [0.29, 0.717) is 30.5 Å². The first kappa shape index (κ1) is 19.9. The molecule has 0 atom stereocenters. The molecule has 1 aliphatic heterocycles. The second-order valence-corrected chi connectivity index (χ2v) is 7.76. The minimum Gasteiger partial charge on any atom is -0.378 e. The van der Waals surface area contributed by atoms with Gasteiger partial charge in [0.2, 0.25) is 11.7 Å². The van der Waals surface area contributed by atoms with E-state index in [4.69, 9.17) is 4.52 Å². The van der Waals surface area contributed by atoms with Gasteiger partial charge in [0.15, 0.2) is 0 Å². The van der Waals surface area contributed by atoms with Gasteiger partial charge in [0, 0.05) is 50.7 Å². The number of piperidine rings is 1. The fourth-order valence-corrected chi connectivity index (χ4v) is 3.59. The van der Waals surface area contributed by atoms with E-state index >= 15 is 0 Å². The minimum absolute atomic E-state index is 0.0751. The molecule has 1 aliphatic rings. The molecule has 2 amide bonds. The molecule has 30 heavy (non-hydrogen) atoms. The molecule has 4 rings (SSSR count). The smallest absolute Gasteiger partial charge is 0.321 e. The van der Waals surface area contributed by atoms with Crippen molar-refractivity contribution in [1.82, 2.24) is 20.0 Å². The largest absolute Gasteiger partial charge is 0.378 e. The molecule has 0 unspecified atom stereocenters. The van der Waals surface area contributed by atoms with E-state index in [-0.39, 0.29) is 11.9 Å². The lowest BCUT2D eigenvalue weighted by Gasteiger charge is -2.30. The number of hydrogen-bond acceptors (Lipinski definition) is 6. The van der Waals surface area contributed by atoms with Crippen LogP contribution in [0.25, 0.3) is 11.5 Å². The summed E-state index contributed by atoms with van der Waals surface area (Å²) in [5.41, 5.74) is 3.68. The van der Waals surface area contributed by atoms with Crippen molar-refractivity contribution >= 4 is 17.4 Å². The number of aromatic nitrogens is 3. The fraction of sp³-hybridized carbons (Fsp3) is 0.364. The van der Waals surface area contributed by atoms with Crippen LogP contribution < -0.4 is 10.2 Å². The van der Waals surface area contributed by atoms with Crippen LogP contribution in [0.3, 0.4) is 0 Å². The lowest BCUT2D eigenvalue weighted by molar-refractivity contribution is 0.187. The Balaban J connectivity index is 1.34. The Morgan fingerprint density at radius 2 is 2.00 bits per heavy atom. The highest BCUT2D eigenvalue weighted by molar-refractivity contribution is 5.90. The zero-order chi connectivity index (χ0) is 21.1. The summed E-state index contributed by atoms with van der Waals surface area (Å²) in [5, 5.41) is 7.09. The van der Waals surface area contributed by atoms with Gasteiger partial charge in [0.25, 0.3) is 0 Å². The summed E-state index contributed by atoms with van der Waals surface area (Å²) in [7, 11) is 4.00. The first-order valence-corrected chi connectivity index (χ1v) is 10.1. The van der Waals surface area contributed by atoms with Gasteiger partial charge in [-0.05, 0) is 55.7 Å². The number of pyridine rings is 1. The van der Waals surface area contributed by atoms with E-state index < -0.39 is 0 Å². The van der Waals surface area contributed by atoms with E-state index in [1.807, 2.05) is 61.2 Å². The van der Waals surface area contributed by atoms with Crippen LogP contribution in [0.2, 0.25) is 0 Å². The molecule has 3 heterocycles. The Morgan fingerprint density at radius 1 is 1.20 bits per heavy atom. The zero-order valence-corrected chi connectivity index (χ0v) is 17.5. The number of anilines is 2. The van der Waals surface area contributed by atoms with Crippen LogP contribution in [-0.2, 0) is 0 Å². The van der Waals surface area contributed by atoms with E-state index in [2.05, 4.69) is 26.5 Å². The molecule has 8 nitrogen and oxygen atoms in total. The molecule has 0 spiro atoms. The van der Waals surface area contributed by atoms with E-state index in [0.717, 1.165) is 29.8 Å². The fourth-order valence-electron chi connectivity index (χ4n) is 3.59. The van der Waals surface area contributed by atoms with E-state index in [1.165, 1.54) is 0 Å². The maximum atomic E-state index is 12.7. The molecule has 1 fully saturated rings. The van der Waals surface area contributed by atoms with Crippen molar-refractivity contribution < 1.29 is 9.32 Å². The van der Waals surface area contributed by atoms with Crippen molar-refractivity contribution in [2.75, 3.05) is 37.4 Å². The van der Waals surface area contributed by atoms with Gasteiger partial charge in [-0.3, -0.25) is 4.98 Å². The summed E-state index contributed by atoms with van der Waals surface area (Å²) in [6.07, 6.45) is 3.28. The van der Waals surface area contributed by atoms with Crippen molar-refractivity contribution in [2.45, 2.75) is 25.7 Å². The average molecular weight is 406 g/mol. The van der Waals surface area contributed by atoms with Crippen LogP contribution in [-0.4, -0.2) is 53.2 Å². The van der Waals surface area contributed by atoms with Crippen LogP contribution in [0.4, 0.5) is 16.2 Å². The summed E-state index contributed by atoms with van der Waals surface area (Å²) in [6, 6.07) is 11.5. The molecule has 1 saturated heterocycles. The molecule has 0 saturated carbocycles. The van der Waals surface area contributed by atoms with Gasteiger partial charge in [-0.2, -0.15) is 4.98 Å². The standard InChI is InChI=1S/C22H26N6O2/c1-15-14-17(27(2)3)7-8-18(15)24-22(29)28-12-9-16(10-13-28)21-25-20(26-30-21)19-6-4-5-11-23-19/h4-8,11,14,16H,9-10,12-13H2,1-3H3,(H,24,29). The van der Waals surface area contributed by atoms with Crippen molar-refractivity contribution in [3.8, 4) is 11.5 Å². The Labute approximate surface area is 175 Å². The quantitative estimate of drug-likeness (QED) is 0.707. The van der Waals surface area contributed by atoms with Crippen LogP contribution in [0.5, 0.6) is 0 Å². The molecular formula is C22H26N6O2. The number of nitrogens with zero attached hydrogens (tertiary/aromatic N) is 5. The highest BCUT2D eigenvalue weighted by Crippen LogP contribution is 2.29. The average Bonchev–Trinajstić information content (AvgIpc) is 3.26. The molecular weight excluding hydrogens is 380 g/mol. The first-order valence-electron chi connectivity index (χ1n) is 10.1. The van der Waals surface area contributed by atoms with Gasteiger partial charge < -0.3 is 19.6 Å². The molecule has 8 heteroatoms. The van der Waals surface area contributed by atoms with Crippen LogP contribution in [0.15, 0.2) is 47.1 Å².